The first kappa shape index (κ1) is 13.0. The van der Waals surface area contributed by atoms with Crippen molar-refractivity contribution >= 4 is 11.7 Å². The highest BCUT2D eigenvalue weighted by Crippen LogP contribution is 2.32. The molecule has 0 bridgehead atoms. The van der Waals surface area contributed by atoms with Crippen LogP contribution in [0.3, 0.4) is 0 Å². The maximum absolute atomic E-state index is 12.5. The second-order valence-electron chi connectivity index (χ2n) is 3.70. The second kappa shape index (κ2) is 4.34. The van der Waals surface area contributed by atoms with Crippen LogP contribution in [0.5, 0.6) is 0 Å². The molecule has 19 heavy (non-hydrogen) atoms. The maximum atomic E-state index is 12.5. The molecule has 2 aromatic heterocycles. The number of anilines is 1. The Morgan fingerprint density at radius 1 is 1.47 bits per heavy atom. The molecule has 0 saturated carbocycles. The van der Waals surface area contributed by atoms with Crippen molar-refractivity contribution in [1.82, 2.24) is 9.78 Å². The van der Waals surface area contributed by atoms with Gasteiger partial charge in [0.1, 0.15) is 5.76 Å². The highest BCUT2D eigenvalue weighted by Gasteiger charge is 2.36. The van der Waals surface area contributed by atoms with Gasteiger partial charge in [0, 0.05) is 6.20 Å². The SMILES string of the molecule is Nc1cn(Cc2ccc(C(=O)O)o2)nc1C(F)(F)F. The summed E-state index contributed by atoms with van der Waals surface area (Å²) in [5, 5.41) is 11.9. The number of alkyl halides is 3. The van der Waals surface area contributed by atoms with Crippen molar-refractivity contribution in [2.24, 2.45) is 0 Å². The van der Waals surface area contributed by atoms with E-state index < -0.39 is 23.5 Å². The lowest BCUT2D eigenvalue weighted by Gasteiger charge is -2.02. The Morgan fingerprint density at radius 2 is 2.16 bits per heavy atom. The van der Waals surface area contributed by atoms with Crippen molar-refractivity contribution in [2.75, 3.05) is 5.73 Å². The van der Waals surface area contributed by atoms with Crippen LogP contribution in [-0.4, -0.2) is 20.9 Å². The Balaban J connectivity index is 2.22. The van der Waals surface area contributed by atoms with Crippen LogP contribution in [-0.2, 0) is 12.7 Å². The fourth-order valence-electron chi connectivity index (χ4n) is 1.48. The van der Waals surface area contributed by atoms with E-state index in [2.05, 4.69) is 5.10 Å². The van der Waals surface area contributed by atoms with Gasteiger partial charge in [-0.05, 0) is 12.1 Å². The monoisotopic (exact) mass is 275 g/mol. The van der Waals surface area contributed by atoms with E-state index >= 15 is 0 Å². The van der Waals surface area contributed by atoms with Gasteiger partial charge in [-0.2, -0.15) is 18.3 Å². The number of hydrogen-bond acceptors (Lipinski definition) is 4. The van der Waals surface area contributed by atoms with E-state index in [9.17, 15) is 18.0 Å². The molecule has 3 N–H and O–H groups in total. The average molecular weight is 275 g/mol. The van der Waals surface area contributed by atoms with Crippen LogP contribution in [0.1, 0.15) is 22.0 Å². The Kier molecular flexibility index (Phi) is 2.97. The minimum absolute atomic E-state index is 0.145. The number of nitrogens with two attached hydrogens (primary N) is 1. The number of hydrogen-bond donors (Lipinski definition) is 2. The van der Waals surface area contributed by atoms with Gasteiger partial charge in [-0.15, -0.1) is 0 Å². The molecular formula is C10H8F3N3O3. The van der Waals surface area contributed by atoms with Crippen LogP contribution < -0.4 is 5.73 Å². The average Bonchev–Trinajstić information content (AvgIpc) is 2.85. The van der Waals surface area contributed by atoms with Crippen molar-refractivity contribution in [3.63, 3.8) is 0 Å². The second-order valence-corrected chi connectivity index (χ2v) is 3.70. The number of rotatable bonds is 3. The van der Waals surface area contributed by atoms with Crippen molar-refractivity contribution in [1.29, 1.82) is 0 Å². The number of carboxylic acid groups (broad SMARTS) is 1. The number of nitrogens with zero attached hydrogens (tertiary/aromatic N) is 2. The molecule has 0 unspecified atom stereocenters. The smallest absolute Gasteiger partial charge is 0.437 e. The van der Waals surface area contributed by atoms with E-state index in [1.54, 1.807) is 0 Å². The summed E-state index contributed by atoms with van der Waals surface area (Å²) in [5.41, 5.74) is 3.52. The van der Waals surface area contributed by atoms with Gasteiger partial charge in [-0.25, -0.2) is 4.79 Å². The summed E-state index contributed by atoms with van der Waals surface area (Å²) in [6.45, 7) is -0.145. The highest BCUT2D eigenvalue weighted by atomic mass is 19.4. The van der Waals surface area contributed by atoms with Crippen LogP contribution in [0.15, 0.2) is 22.7 Å². The van der Waals surface area contributed by atoms with Crippen LogP contribution in [0.2, 0.25) is 0 Å². The number of furan rings is 1. The summed E-state index contributed by atoms with van der Waals surface area (Å²) in [6, 6.07) is 2.55. The van der Waals surface area contributed by atoms with Crippen LogP contribution in [0.4, 0.5) is 18.9 Å². The fraction of sp³-hybridized carbons (Fsp3) is 0.200. The zero-order chi connectivity index (χ0) is 14.2. The van der Waals surface area contributed by atoms with Gasteiger partial charge in [0.2, 0.25) is 5.76 Å². The lowest BCUT2D eigenvalue weighted by Crippen LogP contribution is -2.10. The van der Waals surface area contributed by atoms with Crippen LogP contribution in [0.25, 0.3) is 0 Å². The first-order chi connectivity index (χ1) is 8.77. The number of nitrogen functional groups attached to an aromatic ring is 1. The Morgan fingerprint density at radius 3 is 2.63 bits per heavy atom. The third-order valence-electron chi connectivity index (χ3n) is 2.25. The number of aromatic nitrogens is 2. The van der Waals surface area contributed by atoms with Gasteiger partial charge in [0.15, 0.2) is 5.69 Å². The zero-order valence-corrected chi connectivity index (χ0v) is 9.31. The molecule has 0 fully saturated rings. The van der Waals surface area contributed by atoms with Gasteiger partial charge in [-0.1, -0.05) is 0 Å². The molecule has 9 heteroatoms. The third kappa shape index (κ3) is 2.69. The molecule has 6 nitrogen and oxygen atoms in total. The molecular weight excluding hydrogens is 267 g/mol. The summed E-state index contributed by atoms with van der Waals surface area (Å²) in [7, 11) is 0. The van der Waals surface area contributed by atoms with Crippen LogP contribution in [0, 0.1) is 0 Å². The lowest BCUT2D eigenvalue weighted by atomic mass is 10.4. The molecule has 0 aliphatic rings. The minimum atomic E-state index is -4.63. The molecule has 2 heterocycles. The van der Waals surface area contributed by atoms with Gasteiger partial charge < -0.3 is 15.3 Å². The number of carboxylic acids is 1. The summed E-state index contributed by atoms with van der Waals surface area (Å²) in [5.74, 6) is -1.40. The largest absolute Gasteiger partial charge is 0.475 e. The zero-order valence-electron chi connectivity index (χ0n) is 9.31. The highest BCUT2D eigenvalue weighted by molar-refractivity contribution is 5.84. The summed E-state index contributed by atoms with van der Waals surface area (Å²) >= 11 is 0. The van der Waals surface area contributed by atoms with E-state index in [4.69, 9.17) is 15.3 Å². The Bertz CT molecular complexity index is 615. The number of halogens is 3. The summed E-state index contributed by atoms with van der Waals surface area (Å²) in [4.78, 5) is 10.6. The van der Waals surface area contributed by atoms with E-state index in [1.807, 2.05) is 0 Å². The number of aromatic carboxylic acids is 1. The first-order valence-electron chi connectivity index (χ1n) is 4.99. The topological polar surface area (TPSA) is 94.3 Å². The van der Waals surface area contributed by atoms with E-state index in [-0.39, 0.29) is 18.1 Å². The molecule has 2 aromatic rings. The summed E-state index contributed by atoms with van der Waals surface area (Å²) < 4.78 is 43.2. The first-order valence-corrected chi connectivity index (χ1v) is 4.99. The van der Waals surface area contributed by atoms with Crippen LogP contribution >= 0.6 is 0 Å². The van der Waals surface area contributed by atoms with E-state index in [0.29, 0.717) is 0 Å². The van der Waals surface area contributed by atoms with Crippen molar-refractivity contribution in [2.45, 2.75) is 12.7 Å². The molecule has 2 rings (SSSR count). The van der Waals surface area contributed by atoms with Gasteiger partial charge in [-0.3, -0.25) is 4.68 Å². The van der Waals surface area contributed by atoms with Gasteiger partial charge in [0.25, 0.3) is 0 Å². The molecule has 102 valence electrons. The fourth-order valence-corrected chi connectivity index (χ4v) is 1.48. The van der Waals surface area contributed by atoms with Gasteiger partial charge >= 0.3 is 12.1 Å². The molecule has 0 radical (unpaired) electrons. The number of carbonyl (C=O) groups is 1. The lowest BCUT2D eigenvalue weighted by molar-refractivity contribution is -0.140. The van der Waals surface area contributed by atoms with Crippen molar-refractivity contribution < 1.29 is 27.5 Å². The molecule has 0 saturated heterocycles. The predicted molar refractivity (Wildman–Crippen MR) is 56.4 cm³/mol. The Hall–Kier alpha value is -2.45. The van der Waals surface area contributed by atoms with Crippen molar-refractivity contribution in [3.8, 4) is 0 Å². The van der Waals surface area contributed by atoms with Crippen molar-refractivity contribution in [3.05, 3.63) is 35.5 Å². The Labute approximate surface area is 104 Å². The van der Waals surface area contributed by atoms with E-state index in [0.717, 1.165) is 10.9 Å². The minimum Gasteiger partial charge on any atom is -0.475 e. The molecule has 0 amide bonds. The quantitative estimate of drug-likeness (QED) is 0.891. The third-order valence-corrected chi connectivity index (χ3v) is 2.25. The normalized spacial score (nSPS) is 11.7. The maximum Gasteiger partial charge on any atom is 0.437 e. The molecule has 0 aliphatic carbocycles. The van der Waals surface area contributed by atoms with Gasteiger partial charge in [0.05, 0.1) is 12.2 Å². The molecule has 0 aliphatic heterocycles. The molecule has 0 atom stereocenters. The van der Waals surface area contributed by atoms with E-state index in [1.165, 1.54) is 12.1 Å². The molecule has 0 spiro atoms. The predicted octanol–water partition coefficient (Wildman–Crippen LogP) is 1.82. The molecule has 0 aromatic carbocycles. The summed E-state index contributed by atoms with van der Waals surface area (Å²) in [6.07, 6.45) is -3.63. The standard InChI is InChI=1S/C10H8F3N3O3/c11-10(12,13)8-6(14)4-16(15-8)3-5-1-2-7(19-5)9(17)18/h1-2,4H,3,14H2,(H,17,18).